The lowest BCUT2D eigenvalue weighted by molar-refractivity contribution is -0.112. The van der Waals surface area contributed by atoms with E-state index in [1.165, 1.54) is 24.3 Å². The predicted octanol–water partition coefficient (Wildman–Crippen LogP) is 2.64. The maximum Gasteiger partial charge on any atom is 0.234 e. The molecule has 0 bridgehead atoms. The van der Waals surface area contributed by atoms with Crippen LogP contribution in [-0.2, 0) is 4.79 Å². The number of phenolic OH excluding ortho intramolecular Hbond substituents is 1. The molecule has 1 aromatic rings. The first-order valence-corrected chi connectivity index (χ1v) is 5.80. The number of hydrogen-bond donors (Lipinski definition) is 2. The Balaban J connectivity index is 2.85. The van der Waals surface area contributed by atoms with Gasteiger partial charge < -0.3 is 10.2 Å². The standard InChI is InChI=1S/C15H14O4/c1-4-15(2,3)11-13(18)10-8(12(17)14(11)19)6-5-7-9(10)16/h4-7,16,18H,1H2,2-3H3. The number of ketones is 2. The molecule has 4 heteroatoms. The van der Waals surface area contributed by atoms with Gasteiger partial charge in [0.1, 0.15) is 11.5 Å². The minimum atomic E-state index is -0.864. The number of aliphatic hydroxyl groups excluding tert-OH is 1. The van der Waals surface area contributed by atoms with Crippen molar-refractivity contribution in [1.82, 2.24) is 0 Å². The fraction of sp³-hybridized carbons (Fsp3) is 0.200. The minimum absolute atomic E-state index is 0.0111. The lowest BCUT2D eigenvalue weighted by Gasteiger charge is -2.27. The van der Waals surface area contributed by atoms with E-state index in [0.717, 1.165) is 0 Å². The number of aromatic hydroxyl groups is 1. The van der Waals surface area contributed by atoms with Gasteiger partial charge in [0.05, 0.1) is 11.1 Å². The van der Waals surface area contributed by atoms with Crippen molar-refractivity contribution in [3.05, 3.63) is 47.6 Å². The summed E-state index contributed by atoms with van der Waals surface area (Å²) in [5.74, 6) is -2.08. The zero-order valence-corrected chi connectivity index (χ0v) is 10.7. The lowest BCUT2D eigenvalue weighted by atomic mass is 9.75. The number of allylic oxidation sites excluding steroid dienone is 2. The van der Waals surface area contributed by atoms with Gasteiger partial charge in [0.15, 0.2) is 0 Å². The molecular formula is C15H14O4. The maximum atomic E-state index is 12.1. The smallest absolute Gasteiger partial charge is 0.234 e. The van der Waals surface area contributed by atoms with Crippen LogP contribution in [0.5, 0.6) is 5.75 Å². The van der Waals surface area contributed by atoms with Crippen molar-refractivity contribution in [2.24, 2.45) is 5.41 Å². The number of Topliss-reactive ketones (excluding diaryl/α,β-unsaturated/α-hetero) is 2. The molecule has 1 aliphatic carbocycles. The highest BCUT2D eigenvalue weighted by molar-refractivity contribution is 6.52. The summed E-state index contributed by atoms with van der Waals surface area (Å²) in [6.45, 7) is 6.95. The molecule has 98 valence electrons. The van der Waals surface area contributed by atoms with Gasteiger partial charge in [0.2, 0.25) is 11.6 Å². The third-order valence-electron chi connectivity index (χ3n) is 3.35. The van der Waals surface area contributed by atoms with Crippen molar-refractivity contribution in [2.45, 2.75) is 13.8 Å². The maximum absolute atomic E-state index is 12.1. The summed E-state index contributed by atoms with van der Waals surface area (Å²) >= 11 is 0. The topological polar surface area (TPSA) is 74.6 Å². The Morgan fingerprint density at radius 1 is 1.16 bits per heavy atom. The zero-order chi connectivity index (χ0) is 14.4. The summed E-state index contributed by atoms with van der Waals surface area (Å²) < 4.78 is 0. The van der Waals surface area contributed by atoms with Crippen LogP contribution in [0.3, 0.4) is 0 Å². The van der Waals surface area contributed by atoms with Gasteiger partial charge in [-0.05, 0) is 12.1 Å². The summed E-state index contributed by atoms with van der Waals surface area (Å²) in [6.07, 6.45) is 1.48. The quantitative estimate of drug-likeness (QED) is 0.631. The summed E-state index contributed by atoms with van der Waals surface area (Å²) in [5, 5.41) is 20.1. The Bertz CT molecular complexity index is 636. The highest BCUT2D eigenvalue weighted by Crippen LogP contribution is 2.41. The predicted molar refractivity (Wildman–Crippen MR) is 71.0 cm³/mol. The van der Waals surface area contributed by atoms with Gasteiger partial charge in [-0.15, -0.1) is 6.58 Å². The van der Waals surface area contributed by atoms with Gasteiger partial charge in [0.25, 0.3) is 0 Å². The molecule has 0 fully saturated rings. The van der Waals surface area contributed by atoms with E-state index in [0.29, 0.717) is 0 Å². The van der Waals surface area contributed by atoms with E-state index in [-0.39, 0.29) is 28.2 Å². The van der Waals surface area contributed by atoms with Crippen LogP contribution in [-0.4, -0.2) is 21.8 Å². The number of carbonyl (C=O) groups is 2. The third-order valence-corrected chi connectivity index (χ3v) is 3.35. The Morgan fingerprint density at radius 3 is 2.37 bits per heavy atom. The first kappa shape index (κ1) is 13.1. The number of carbonyl (C=O) groups excluding carboxylic acids is 2. The summed E-state index contributed by atoms with van der Waals surface area (Å²) in [5.41, 5.74) is -0.874. The third kappa shape index (κ3) is 1.76. The Kier molecular flexibility index (Phi) is 2.81. The number of phenols is 1. The lowest BCUT2D eigenvalue weighted by Crippen LogP contribution is -2.31. The van der Waals surface area contributed by atoms with E-state index >= 15 is 0 Å². The highest BCUT2D eigenvalue weighted by atomic mass is 16.3. The first-order valence-electron chi connectivity index (χ1n) is 5.80. The normalized spacial score (nSPS) is 15.5. The molecule has 0 saturated carbocycles. The van der Waals surface area contributed by atoms with Crippen molar-refractivity contribution in [2.75, 3.05) is 0 Å². The van der Waals surface area contributed by atoms with Gasteiger partial charge in [-0.2, -0.15) is 0 Å². The highest BCUT2D eigenvalue weighted by Gasteiger charge is 2.40. The number of benzene rings is 1. The average molecular weight is 258 g/mol. The largest absolute Gasteiger partial charge is 0.507 e. The van der Waals surface area contributed by atoms with Crippen LogP contribution in [0.25, 0.3) is 5.76 Å². The molecule has 1 aliphatic rings. The monoisotopic (exact) mass is 258 g/mol. The minimum Gasteiger partial charge on any atom is -0.507 e. The summed E-state index contributed by atoms with van der Waals surface area (Å²) in [7, 11) is 0. The second kappa shape index (κ2) is 4.09. The van der Waals surface area contributed by atoms with Crippen LogP contribution in [0.2, 0.25) is 0 Å². The molecule has 0 amide bonds. The molecule has 2 N–H and O–H groups in total. The zero-order valence-electron chi connectivity index (χ0n) is 10.7. The van der Waals surface area contributed by atoms with E-state index in [1.807, 2.05) is 0 Å². The molecule has 19 heavy (non-hydrogen) atoms. The van der Waals surface area contributed by atoms with Gasteiger partial charge in [-0.25, -0.2) is 0 Å². The van der Waals surface area contributed by atoms with Crippen LogP contribution in [0.1, 0.15) is 29.8 Å². The molecule has 0 aliphatic heterocycles. The molecule has 0 aromatic heterocycles. The molecular weight excluding hydrogens is 244 g/mol. The van der Waals surface area contributed by atoms with Crippen LogP contribution in [0, 0.1) is 5.41 Å². The van der Waals surface area contributed by atoms with Crippen LogP contribution in [0.4, 0.5) is 0 Å². The van der Waals surface area contributed by atoms with Gasteiger partial charge in [-0.1, -0.05) is 26.0 Å². The number of rotatable bonds is 2. The number of hydrogen-bond acceptors (Lipinski definition) is 4. The van der Waals surface area contributed by atoms with E-state index in [2.05, 4.69) is 6.58 Å². The number of aliphatic hydroxyl groups is 1. The molecule has 1 aromatic carbocycles. The summed E-state index contributed by atoms with van der Waals surface area (Å²) in [4.78, 5) is 24.2. The Morgan fingerprint density at radius 2 is 1.79 bits per heavy atom. The van der Waals surface area contributed by atoms with Crippen molar-refractivity contribution in [3.63, 3.8) is 0 Å². The molecule has 0 saturated heterocycles. The molecule has 0 spiro atoms. The average Bonchev–Trinajstić information content (AvgIpc) is 2.35. The van der Waals surface area contributed by atoms with E-state index in [1.54, 1.807) is 13.8 Å². The molecule has 2 rings (SSSR count). The van der Waals surface area contributed by atoms with Gasteiger partial charge >= 0.3 is 0 Å². The molecule has 0 atom stereocenters. The van der Waals surface area contributed by atoms with Gasteiger partial charge in [0, 0.05) is 11.0 Å². The van der Waals surface area contributed by atoms with Gasteiger partial charge in [-0.3, -0.25) is 9.59 Å². The Hall–Kier alpha value is -2.36. The van der Waals surface area contributed by atoms with Crippen molar-refractivity contribution >= 4 is 17.3 Å². The van der Waals surface area contributed by atoms with Crippen molar-refractivity contribution < 1.29 is 19.8 Å². The molecule has 0 radical (unpaired) electrons. The molecule has 0 unspecified atom stereocenters. The van der Waals surface area contributed by atoms with E-state index < -0.39 is 17.0 Å². The first-order chi connectivity index (χ1) is 8.81. The Labute approximate surface area is 110 Å². The van der Waals surface area contributed by atoms with Crippen molar-refractivity contribution in [1.29, 1.82) is 0 Å². The second-order valence-corrected chi connectivity index (χ2v) is 5.01. The van der Waals surface area contributed by atoms with Crippen LogP contribution < -0.4 is 0 Å². The second-order valence-electron chi connectivity index (χ2n) is 5.01. The number of fused-ring (bicyclic) bond motifs is 1. The van der Waals surface area contributed by atoms with Crippen molar-refractivity contribution in [3.8, 4) is 5.75 Å². The van der Waals surface area contributed by atoms with Crippen LogP contribution >= 0.6 is 0 Å². The molecule has 4 nitrogen and oxygen atoms in total. The molecule has 0 heterocycles. The fourth-order valence-corrected chi connectivity index (χ4v) is 2.15. The summed E-state index contributed by atoms with van der Waals surface area (Å²) in [6, 6.07) is 4.22. The van der Waals surface area contributed by atoms with Crippen LogP contribution in [0.15, 0.2) is 36.4 Å². The SMILES string of the molecule is C=CC(C)(C)C1=C(O)c2c(O)cccc2C(=O)C1=O. The van der Waals surface area contributed by atoms with E-state index in [4.69, 9.17) is 0 Å². The fourth-order valence-electron chi connectivity index (χ4n) is 2.15. The van der Waals surface area contributed by atoms with E-state index in [9.17, 15) is 19.8 Å².